The summed E-state index contributed by atoms with van der Waals surface area (Å²) in [4.78, 5) is 0. The topological polar surface area (TPSA) is 41.5 Å². The highest BCUT2D eigenvalue weighted by atomic mass is 35.5. The number of aliphatic hydroxyl groups is 1. The summed E-state index contributed by atoms with van der Waals surface area (Å²) in [5, 5.41) is 13.8. The fourth-order valence-corrected chi connectivity index (χ4v) is 2.07. The van der Waals surface area contributed by atoms with Crippen LogP contribution < -0.4 is 10.1 Å². The highest BCUT2D eigenvalue weighted by Crippen LogP contribution is 2.32. The number of benzene rings is 1. The number of halogens is 1. The van der Waals surface area contributed by atoms with E-state index in [1.807, 2.05) is 13.0 Å². The van der Waals surface area contributed by atoms with Crippen molar-refractivity contribution in [2.45, 2.75) is 19.4 Å². The lowest BCUT2D eigenvalue weighted by Crippen LogP contribution is -2.34. The van der Waals surface area contributed by atoms with Crippen molar-refractivity contribution in [2.24, 2.45) is 0 Å². The van der Waals surface area contributed by atoms with Crippen molar-refractivity contribution < 1.29 is 9.84 Å². The van der Waals surface area contributed by atoms with E-state index in [4.69, 9.17) is 16.3 Å². The first-order valence-corrected chi connectivity index (χ1v) is 5.51. The molecule has 0 aliphatic heterocycles. The predicted molar refractivity (Wildman–Crippen MR) is 66.2 cm³/mol. The molecule has 0 saturated carbocycles. The average molecular weight is 244 g/mol. The Hall–Kier alpha value is -0.770. The van der Waals surface area contributed by atoms with Crippen LogP contribution in [0.4, 0.5) is 0 Å². The van der Waals surface area contributed by atoms with E-state index in [0.717, 1.165) is 11.1 Å². The summed E-state index contributed by atoms with van der Waals surface area (Å²) in [6, 6.07) is 3.59. The molecule has 0 amide bonds. The van der Waals surface area contributed by atoms with Crippen molar-refractivity contribution in [1.29, 1.82) is 0 Å². The predicted octanol–water partition coefficient (Wildman–Crippen LogP) is 2.08. The summed E-state index contributed by atoms with van der Waals surface area (Å²) < 4.78 is 5.12. The summed E-state index contributed by atoms with van der Waals surface area (Å²) in [5.41, 5.74) is 0.837. The van der Waals surface area contributed by atoms with Gasteiger partial charge in [0.05, 0.1) is 17.7 Å². The van der Waals surface area contributed by atoms with Crippen LogP contribution in [0.5, 0.6) is 5.75 Å². The lowest BCUT2D eigenvalue weighted by molar-refractivity contribution is 0.0585. The molecule has 90 valence electrons. The zero-order chi connectivity index (χ0) is 12.3. The van der Waals surface area contributed by atoms with Gasteiger partial charge in [0.1, 0.15) is 5.75 Å². The number of hydrogen-bond donors (Lipinski definition) is 2. The van der Waals surface area contributed by atoms with E-state index in [0.29, 0.717) is 17.3 Å². The summed E-state index contributed by atoms with van der Waals surface area (Å²) in [5.74, 6) is 0.628. The molecule has 0 heterocycles. The first kappa shape index (κ1) is 13.3. The van der Waals surface area contributed by atoms with Crippen LogP contribution in [-0.4, -0.2) is 25.8 Å². The summed E-state index contributed by atoms with van der Waals surface area (Å²) >= 11 is 6.05. The molecule has 0 spiro atoms. The molecule has 0 aliphatic carbocycles. The van der Waals surface area contributed by atoms with Gasteiger partial charge in [-0.15, -0.1) is 0 Å². The molecule has 0 radical (unpaired) electrons. The molecule has 0 bridgehead atoms. The van der Waals surface area contributed by atoms with Crippen molar-refractivity contribution in [3.63, 3.8) is 0 Å². The van der Waals surface area contributed by atoms with Crippen molar-refractivity contribution >= 4 is 11.6 Å². The van der Waals surface area contributed by atoms with Gasteiger partial charge in [0.2, 0.25) is 0 Å². The van der Waals surface area contributed by atoms with Gasteiger partial charge in [-0.25, -0.2) is 0 Å². The Bertz CT molecular complexity index is 378. The number of methoxy groups -OCH3 is 1. The molecule has 1 rings (SSSR count). The lowest BCUT2D eigenvalue weighted by atomic mass is 9.92. The van der Waals surface area contributed by atoms with Gasteiger partial charge in [-0.2, -0.15) is 0 Å². The van der Waals surface area contributed by atoms with Crippen LogP contribution in [0.1, 0.15) is 18.1 Å². The third-order valence-electron chi connectivity index (χ3n) is 2.60. The minimum absolute atomic E-state index is 0.469. The molecule has 4 heteroatoms. The number of likely N-dealkylation sites (N-methyl/N-ethyl adjacent to an activating group) is 1. The molecule has 1 unspecified atom stereocenters. The van der Waals surface area contributed by atoms with E-state index in [2.05, 4.69) is 5.32 Å². The Kier molecular flexibility index (Phi) is 4.19. The number of nitrogens with one attached hydrogen (secondary N) is 1. The first-order valence-electron chi connectivity index (χ1n) is 5.14. The molecule has 0 saturated heterocycles. The number of aryl methyl sites for hydroxylation is 1. The van der Waals surface area contributed by atoms with E-state index >= 15 is 0 Å². The lowest BCUT2D eigenvalue weighted by Gasteiger charge is -2.26. The van der Waals surface area contributed by atoms with Gasteiger partial charge in [-0.3, -0.25) is 0 Å². The third kappa shape index (κ3) is 2.67. The molecule has 16 heavy (non-hydrogen) atoms. The summed E-state index contributed by atoms with van der Waals surface area (Å²) in [7, 11) is 3.38. The molecule has 1 aromatic rings. The second kappa shape index (κ2) is 5.04. The Morgan fingerprint density at radius 3 is 2.62 bits per heavy atom. The maximum absolute atomic E-state index is 10.3. The molecule has 1 aromatic carbocycles. The van der Waals surface area contributed by atoms with Crippen LogP contribution in [0.15, 0.2) is 12.1 Å². The van der Waals surface area contributed by atoms with Crippen LogP contribution >= 0.6 is 11.6 Å². The van der Waals surface area contributed by atoms with Gasteiger partial charge in [0, 0.05) is 6.54 Å². The number of rotatable bonds is 4. The number of hydrogen-bond acceptors (Lipinski definition) is 3. The molecule has 2 N–H and O–H groups in total. The molecule has 1 atom stereocenters. The highest BCUT2D eigenvalue weighted by molar-refractivity contribution is 6.32. The number of ether oxygens (including phenoxy) is 1. The Labute approximate surface area is 101 Å². The average Bonchev–Trinajstić information content (AvgIpc) is 2.20. The molecule has 0 aromatic heterocycles. The van der Waals surface area contributed by atoms with Gasteiger partial charge in [-0.1, -0.05) is 11.6 Å². The van der Waals surface area contributed by atoms with Gasteiger partial charge < -0.3 is 15.2 Å². The zero-order valence-corrected chi connectivity index (χ0v) is 10.9. The van der Waals surface area contributed by atoms with Crippen LogP contribution in [0.25, 0.3) is 0 Å². The van der Waals surface area contributed by atoms with E-state index in [1.54, 1.807) is 27.1 Å². The van der Waals surface area contributed by atoms with Crippen LogP contribution in [0.2, 0.25) is 5.02 Å². The van der Waals surface area contributed by atoms with Gasteiger partial charge in [-0.05, 0) is 44.2 Å². The largest absolute Gasteiger partial charge is 0.495 e. The Balaban J connectivity index is 3.20. The molecule has 3 nitrogen and oxygen atoms in total. The van der Waals surface area contributed by atoms with Crippen LogP contribution in [0.3, 0.4) is 0 Å². The molecular formula is C12H18ClNO2. The quantitative estimate of drug-likeness (QED) is 0.851. The van der Waals surface area contributed by atoms with Crippen molar-refractivity contribution in [2.75, 3.05) is 20.7 Å². The van der Waals surface area contributed by atoms with E-state index in [9.17, 15) is 5.11 Å². The second-order valence-corrected chi connectivity index (χ2v) is 4.51. The SMILES string of the molecule is CNCC(C)(O)c1cc(Cl)c(OC)cc1C. The molecule has 0 fully saturated rings. The maximum atomic E-state index is 10.3. The van der Waals surface area contributed by atoms with E-state index in [1.165, 1.54) is 0 Å². The zero-order valence-electron chi connectivity index (χ0n) is 10.1. The van der Waals surface area contributed by atoms with Crippen LogP contribution in [-0.2, 0) is 5.60 Å². The van der Waals surface area contributed by atoms with Crippen molar-refractivity contribution in [3.05, 3.63) is 28.3 Å². The molecular weight excluding hydrogens is 226 g/mol. The monoisotopic (exact) mass is 243 g/mol. The van der Waals surface area contributed by atoms with Gasteiger partial charge in [0.25, 0.3) is 0 Å². The fraction of sp³-hybridized carbons (Fsp3) is 0.500. The Morgan fingerprint density at radius 1 is 1.50 bits per heavy atom. The van der Waals surface area contributed by atoms with Gasteiger partial charge in [0.15, 0.2) is 0 Å². The summed E-state index contributed by atoms with van der Waals surface area (Å²) in [6.07, 6.45) is 0. The second-order valence-electron chi connectivity index (χ2n) is 4.11. The minimum atomic E-state index is -0.936. The standard InChI is InChI=1S/C12H18ClNO2/c1-8-5-11(16-4)10(13)6-9(8)12(2,15)7-14-3/h5-6,14-15H,7H2,1-4H3. The Morgan fingerprint density at radius 2 is 2.12 bits per heavy atom. The normalized spacial score (nSPS) is 14.6. The van der Waals surface area contributed by atoms with Crippen molar-refractivity contribution in [3.8, 4) is 5.75 Å². The van der Waals surface area contributed by atoms with Crippen molar-refractivity contribution in [1.82, 2.24) is 5.32 Å². The van der Waals surface area contributed by atoms with Crippen LogP contribution in [0, 0.1) is 6.92 Å². The maximum Gasteiger partial charge on any atom is 0.137 e. The van der Waals surface area contributed by atoms with Gasteiger partial charge >= 0.3 is 0 Å². The van der Waals surface area contributed by atoms with E-state index in [-0.39, 0.29) is 0 Å². The third-order valence-corrected chi connectivity index (χ3v) is 2.90. The minimum Gasteiger partial charge on any atom is -0.495 e. The fourth-order valence-electron chi connectivity index (χ4n) is 1.83. The highest BCUT2D eigenvalue weighted by Gasteiger charge is 2.25. The summed E-state index contributed by atoms with van der Waals surface area (Å²) in [6.45, 7) is 4.16. The smallest absolute Gasteiger partial charge is 0.137 e. The van der Waals surface area contributed by atoms with E-state index < -0.39 is 5.60 Å². The molecule has 0 aliphatic rings. The first-order chi connectivity index (χ1) is 7.42.